The molecule has 0 N–H and O–H groups in total. The number of esters is 2. The van der Waals surface area contributed by atoms with Crippen LogP contribution in [0.3, 0.4) is 0 Å². The number of benzene rings is 1. The first-order valence-corrected chi connectivity index (χ1v) is 7.50. The third-order valence-corrected chi connectivity index (χ3v) is 3.96. The Balaban J connectivity index is 2.76. The van der Waals surface area contributed by atoms with Crippen molar-refractivity contribution >= 4 is 37.2 Å². The smallest absolute Gasteiger partial charge is 0.330 e. The highest BCUT2D eigenvalue weighted by atomic mass is 32.1. The zero-order chi connectivity index (χ0) is 16.5. The van der Waals surface area contributed by atoms with Crippen molar-refractivity contribution in [1.82, 2.24) is 0 Å². The molecule has 0 aliphatic rings. The summed E-state index contributed by atoms with van der Waals surface area (Å²) >= 11 is 8.78. The maximum Gasteiger partial charge on any atom is 0.330 e. The Hall–Kier alpha value is -1.66. The Kier molecular flexibility index (Phi) is 7.84. The summed E-state index contributed by atoms with van der Waals surface area (Å²) in [5.74, 6) is -0.928. The van der Waals surface area contributed by atoms with E-state index in [1.807, 2.05) is 12.1 Å². The maximum absolute atomic E-state index is 11.1. The molecule has 1 rings (SSSR count). The van der Waals surface area contributed by atoms with Crippen LogP contribution in [-0.4, -0.2) is 25.2 Å². The molecule has 4 nitrogen and oxygen atoms in total. The quantitative estimate of drug-likeness (QED) is 0.435. The third-order valence-electron chi connectivity index (χ3n) is 2.90. The van der Waals surface area contributed by atoms with E-state index in [2.05, 4.69) is 38.4 Å². The van der Waals surface area contributed by atoms with Gasteiger partial charge in [0.25, 0.3) is 0 Å². The molecule has 0 saturated carbocycles. The molecule has 0 bridgehead atoms. The molecule has 6 heteroatoms. The van der Waals surface area contributed by atoms with Gasteiger partial charge in [0.2, 0.25) is 0 Å². The second-order valence-electron chi connectivity index (χ2n) is 4.31. The molecule has 22 heavy (non-hydrogen) atoms. The van der Waals surface area contributed by atoms with Gasteiger partial charge >= 0.3 is 11.9 Å². The Labute approximate surface area is 141 Å². The zero-order valence-electron chi connectivity index (χ0n) is 12.1. The first-order valence-electron chi connectivity index (χ1n) is 6.60. The van der Waals surface area contributed by atoms with Crippen LogP contribution in [-0.2, 0) is 31.9 Å². The zero-order valence-corrected chi connectivity index (χ0v) is 13.9. The summed E-state index contributed by atoms with van der Waals surface area (Å²) in [6, 6.07) is 3.73. The second-order valence-corrected chi connectivity index (χ2v) is 5.24. The van der Waals surface area contributed by atoms with E-state index in [9.17, 15) is 9.59 Å². The molecule has 0 unspecified atom stereocenters. The van der Waals surface area contributed by atoms with Crippen molar-refractivity contribution in [1.29, 1.82) is 0 Å². The minimum atomic E-state index is -0.468. The number of rotatable bonds is 8. The van der Waals surface area contributed by atoms with Gasteiger partial charge in [-0.25, -0.2) is 9.59 Å². The van der Waals surface area contributed by atoms with Crippen molar-refractivity contribution in [2.75, 3.05) is 13.2 Å². The summed E-state index contributed by atoms with van der Waals surface area (Å²) in [5, 5.41) is 0. The van der Waals surface area contributed by atoms with Gasteiger partial charge in [0.1, 0.15) is 0 Å². The van der Waals surface area contributed by atoms with Gasteiger partial charge in [-0.3, -0.25) is 0 Å². The predicted molar refractivity (Wildman–Crippen MR) is 90.7 cm³/mol. The molecule has 0 heterocycles. The molecule has 0 atom stereocenters. The van der Waals surface area contributed by atoms with Gasteiger partial charge in [-0.2, -0.15) is 0 Å². The number of hydrogen-bond acceptors (Lipinski definition) is 6. The first kappa shape index (κ1) is 18.4. The van der Waals surface area contributed by atoms with Crippen molar-refractivity contribution in [3.8, 4) is 0 Å². The van der Waals surface area contributed by atoms with Gasteiger partial charge < -0.3 is 9.47 Å². The van der Waals surface area contributed by atoms with E-state index < -0.39 is 11.9 Å². The molecule has 0 saturated heterocycles. The van der Waals surface area contributed by atoms with Crippen LogP contribution >= 0.6 is 25.3 Å². The molecule has 0 aliphatic carbocycles. The van der Waals surface area contributed by atoms with E-state index in [4.69, 9.17) is 9.47 Å². The first-order chi connectivity index (χ1) is 10.5. The monoisotopic (exact) mass is 338 g/mol. The van der Waals surface area contributed by atoms with Crippen LogP contribution in [0.5, 0.6) is 0 Å². The summed E-state index contributed by atoms with van der Waals surface area (Å²) in [6.45, 7) is 7.14. The fourth-order valence-corrected chi connectivity index (χ4v) is 2.35. The fourth-order valence-electron chi connectivity index (χ4n) is 1.81. The topological polar surface area (TPSA) is 52.6 Å². The largest absolute Gasteiger partial charge is 0.462 e. The van der Waals surface area contributed by atoms with Crippen LogP contribution < -0.4 is 0 Å². The van der Waals surface area contributed by atoms with E-state index in [0.717, 1.165) is 33.1 Å². The highest BCUT2D eigenvalue weighted by molar-refractivity contribution is 7.83. The van der Waals surface area contributed by atoms with Gasteiger partial charge in [-0.05, 0) is 17.2 Å². The Morgan fingerprint density at radius 2 is 1.55 bits per heavy atom. The highest BCUT2D eigenvalue weighted by Crippen LogP contribution is 2.27. The van der Waals surface area contributed by atoms with Crippen LogP contribution in [0, 0.1) is 0 Å². The molecular formula is C16H18O4S2. The van der Waals surface area contributed by atoms with Crippen molar-refractivity contribution in [3.05, 3.63) is 48.6 Å². The molecular weight excluding hydrogens is 320 g/mol. The predicted octanol–water partition coefficient (Wildman–Crippen LogP) is 2.81. The molecule has 1 aromatic carbocycles. The molecule has 0 spiro atoms. The van der Waals surface area contributed by atoms with Gasteiger partial charge in [0.05, 0.1) is 13.2 Å². The lowest BCUT2D eigenvalue weighted by Gasteiger charge is -2.14. The summed E-state index contributed by atoms with van der Waals surface area (Å²) in [5.41, 5.74) is 1.89. The van der Waals surface area contributed by atoms with Gasteiger partial charge in [-0.15, -0.1) is 25.3 Å². The normalized spacial score (nSPS) is 9.91. The van der Waals surface area contributed by atoms with E-state index in [1.54, 1.807) is 0 Å². The standard InChI is InChI=1S/C16H18O4S2/c1-3-14(17)19-9-7-11-5-6-13(21)16(22)12(11)8-10-20-15(18)4-2/h3-6,21-22H,1-2,7-10H2. The Morgan fingerprint density at radius 1 is 1.00 bits per heavy atom. The number of carbonyl (C=O) groups is 2. The Bertz CT molecular complexity index is 582. The van der Waals surface area contributed by atoms with Gasteiger partial charge in [-0.1, -0.05) is 19.2 Å². The molecule has 0 fully saturated rings. The van der Waals surface area contributed by atoms with Crippen molar-refractivity contribution < 1.29 is 19.1 Å². The van der Waals surface area contributed by atoms with Crippen molar-refractivity contribution in [2.45, 2.75) is 22.6 Å². The average molecular weight is 338 g/mol. The lowest BCUT2D eigenvalue weighted by Crippen LogP contribution is -2.09. The number of thiol groups is 2. The van der Waals surface area contributed by atoms with Crippen LogP contribution in [0.1, 0.15) is 11.1 Å². The molecule has 118 valence electrons. The molecule has 0 amide bonds. The number of ether oxygens (including phenoxy) is 2. The number of hydrogen-bond donors (Lipinski definition) is 2. The summed E-state index contributed by atoms with van der Waals surface area (Å²) in [7, 11) is 0. The summed E-state index contributed by atoms with van der Waals surface area (Å²) in [4.78, 5) is 23.6. The third kappa shape index (κ3) is 5.61. The second kappa shape index (κ2) is 9.38. The molecule has 0 aliphatic heterocycles. The van der Waals surface area contributed by atoms with E-state index in [-0.39, 0.29) is 13.2 Å². The van der Waals surface area contributed by atoms with Crippen LogP contribution in [0.15, 0.2) is 47.2 Å². The van der Waals surface area contributed by atoms with Gasteiger partial charge in [0.15, 0.2) is 0 Å². The van der Waals surface area contributed by atoms with E-state index >= 15 is 0 Å². The average Bonchev–Trinajstić information content (AvgIpc) is 2.52. The van der Waals surface area contributed by atoms with Crippen LogP contribution in [0.25, 0.3) is 0 Å². The minimum Gasteiger partial charge on any atom is -0.462 e. The van der Waals surface area contributed by atoms with Crippen LogP contribution in [0.2, 0.25) is 0 Å². The SMILES string of the molecule is C=CC(=O)OCCc1ccc(S)c(S)c1CCOC(=O)C=C. The van der Waals surface area contributed by atoms with Crippen molar-refractivity contribution in [2.24, 2.45) is 0 Å². The lowest BCUT2D eigenvalue weighted by molar-refractivity contribution is -0.138. The maximum atomic E-state index is 11.1. The summed E-state index contributed by atoms with van der Waals surface area (Å²) < 4.78 is 9.97. The Morgan fingerprint density at radius 3 is 2.09 bits per heavy atom. The van der Waals surface area contributed by atoms with Crippen molar-refractivity contribution in [3.63, 3.8) is 0 Å². The molecule has 0 aromatic heterocycles. The number of carbonyl (C=O) groups excluding carboxylic acids is 2. The van der Waals surface area contributed by atoms with E-state index in [1.165, 1.54) is 0 Å². The minimum absolute atomic E-state index is 0.217. The van der Waals surface area contributed by atoms with E-state index in [0.29, 0.717) is 12.8 Å². The highest BCUT2D eigenvalue weighted by Gasteiger charge is 2.11. The van der Waals surface area contributed by atoms with Gasteiger partial charge in [0, 0.05) is 34.8 Å². The van der Waals surface area contributed by atoms with Crippen LogP contribution in [0.4, 0.5) is 0 Å². The molecule has 1 aromatic rings. The lowest BCUT2D eigenvalue weighted by atomic mass is 10.0. The fraction of sp³-hybridized carbons (Fsp3) is 0.250. The molecule has 0 radical (unpaired) electrons. The summed E-state index contributed by atoms with van der Waals surface area (Å²) in [6.07, 6.45) is 3.27.